The largest absolute Gasteiger partial charge is 0.350 e. The van der Waals surface area contributed by atoms with Crippen LogP contribution in [-0.4, -0.2) is 35.6 Å². The maximum atomic E-state index is 9.07. The summed E-state index contributed by atoms with van der Waals surface area (Å²) in [5, 5.41) is 12.5. The SMILES string of the molecule is CCN(c1nccnc1C#N)C1CCCNC1. The summed E-state index contributed by atoms with van der Waals surface area (Å²) < 4.78 is 0. The molecule has 1 aromatic heterocycles. The van der Waals surface area contributed by atoms with Gasteiger partial charge in [0.15, 0.2) is 11.5 Å². The van der Waals surface area contributed by atoms with Gasteiger partial charge in [0, 0.05) is 31.5 Å². The van der Waals surface area contributed by atoms with Crippen LogP contribution in [0.4, 0.5) is 5.82 Å². The quantitative estimate of drug-likeness (QED) is 0.838. The van der Waals surface area contributed by atoms with Gasteiger partial charge >= 0.3 is 0 Å². The highest BCUT2D eigenvalue weighted by molar-refractivity contribution is 5.50. The summed E-state index contributed by atoms with van der Waals surface area (Å²) in [5.74, 6) is 0.714. The van der Waals surface area contributed by atoms with Gasteiger partial charge in [0.05, 0.1) is 0 Å². The predicted molar refractivity (Wildman–Crippen MR) is 65.7 cm³/mol. The third-order valence-electron chi connectivity index (χ3n) is 3.11. The van der Waals surface area contributed by atoms with E-state index in [4.69, 9.17) is 5.26 Å². The number of hydrogen-bond acceptors (Lipinski definition) is 5. The van der Waals surface area contributed by atoms with Gasteiger partial charge in [-0.3, -0.25) is 0 Å². The molecule has 1 saturated heterocycles. The van der Waals surface area contributed by atoms with E-state index in [1.807, 2.05) is 0 Å². The Morgan fingerprint density at radius 2 is 2.35 bits per heavy atom. The second-order valence-corrected chi connectivity index (χ2v) is 4.13. The van der Waals surface area contributed by atoms with Crippen molar-refractivity contribution in [3.8, 4) is 6.07 Å². The third kappa shape index (κ3) is 2.53. The Balaban J connectivity index is 2.25. The lowest BCUT2D eigenvalue weighted by Crippen LogP contribution is -2.46. The fraction of sp³-hybridized carbons (Fsp3) is 0.583. The smallest absolute Gasteiger partial charge is 0.183 e. The minimum absolute atomic E-state index is 0.414. The number of anilines is 1. The van der Waals surface area contributed by atoms with E-state index in [2.05, 4.69) is 33.2 Å². The standard InChI is InChI=1S/C12H17N5/c1-2-17(10-4-3-5-14-9-10)12-11(8-13)15-6-7-16-12/h6-7,10,14H,2-5,9H2,1H3. The van der Waals surface area contributed by atoms with Crippen molar-refractivity contribution >= 4 is 5.82 Å². The number of hydrogen-bond donors (Lipinski definition) is 1. The first kappa shape index (κ1) is 11.8. The lowest BCUT2D eigenvalue weighted by atomic mass is 10.1. The third-order valence-corrected chi connectivity index (χ3v) is 3.11. The molecular formula is C12H17N5. The van der Waals surface area contributed by atoms with Gasteiger partial charge < -0.3 is 10.2 Å². The molecule has 0 radical (unpaired) electrons. The van der Waals surface area contributed by atoms with Crippen LogP contribution in [-0.2, 0) is 0 Å². The van der Waals surface area contributed by atoms with Crippen LogP contribution in [0.3, 0.4) is 0 Å². The Hall–Kier alpha value is -1.67. The molecular weight excluding hydrogens is 214 g/mol. The molecule has 17 heavy (non-hydrogen) atoms. The van der Waals surface area contributed by atoms with E-state index in [9.17, 15) is 0 Å². The van der Waals surface area contributed by atoms with Crippen molar-refractivity contribution in [1.29, 1.82) is 5.26 Å². The van der Waals surface area contributed by atoms with Crippen molar-refractivity contribution in [3.05, 3.63) is 18.1 Å². The van der Waals surface area contributed by atoms with Crippen LogP contribution < -0.4 is 10.2 Å². The summed E-state index contributed by atoms with van der Waals surface area (Å²) in [5.41, 5.74) is 0.417. The van der Waals surface area contributed by atoms with E-state index < -0.39 is 0 Å². The molecule has 0 bridgehead atoms. The normalized spacial score (nSPS) is 19.6. The van der Waals surface area contributed by atoms with Gasteiger partial charge in [-0.25, -0.2) is 9.97 Å². The highest BCUT2D eigenvalue weighted by Gasteiger charge is 2.23. The number of nitriles is 1. The number of rotatable bonds is 3. The van der Waals surface area contributed by atoms with Gasteiger partial charge in [0.25, 0.3) is 0 Å². The Bertz CT molecular complexity index is 406. The molecule has 1 aliphatic heterocycles. The maximum absolute atomic E-state index is 9.07. The van der Waals surface area contributed by atoms with Crippen molar-refractivity contribution in [1.82, 2.24) is 15.3 Å². The van der Waals surface area contributed by atoms with Crippen LogP contribution >= 0.6 is 0 Å². The van der Waals surface area contributed by atoms with E-state index in [1.165, 1.54) is 6.42 Å². The number of likely N-dealkylation sites (N-methyl/N-ethyl adjacent to an activating group) is 1. The van der Waals surface area contributed by atoms with Crippen molar-refractivity contribution in [2.45, 2.75) is 25.8 Å². The molecule has 0 aliphatic carbocycles. The molecule has 0 spiro atoms. The highest BCUT2D eigenvalue weighted by Crippen LogP contribution is 2.20. The molecule has 2 rings (SSSR count). The molecule has 1 fully saturated rings. The summed E-state index contributed by atoms with van der Waals surface area (Å²) in [4.78, 5) is 10.6. The first-order valence-corrected chi connectivity index (χ1v) is 6.05. The molecule has 90 valence electrons. The fourth-order valence-corrected chi connectivity index (χ4v) is 2.30. The maximum Gasteiger partial charge on any atom is 0.183 e. The monoisotopic (exact) mass is 231 g/mol. The Morgan fingerprint density at radius 1 is 1.53 bits per heavy atom. The molecule has 0 aromatic carbocycles. The number of nitrogens with zero attached hydrogens (tertiary/aromatic N) is 4. The van der Waals surface area contributed by atoms with Gasteiger partial charge in [-0.2, -0.15) is 5.26 Å². The van der Waals surface area contributed by atoms with Crippen molar-refractivity contribution < 1.29 is 0 Å². The van der Waals surface area contributed by atoms with Crippen LogP contribution in [0, 0.1) is 11.3 Å². The lowest BCUT2D eigenvalue weighted by Gasteiger charge is -2.34. The first-order chi connectivity index (χ1) is 8.36. The van der Waals surface area contributed by atoms with Gasteiger partial charge in [0.1, 0.15) is 6.07 Å². The molecule has 5 heteroatoms. The summed E-state index contributed by atoms with van der Waals surface area (Å²) in [6, 6.07) is 2.53. The van der Waals surface area contributed by atoms with Crippen molar-refractivity contribution in [2.75, 3.05) is 24.5 Å². The molecule has 1 unspecified atom stereocenters. The van der Waals surface area contributed by atoms with Crippen molar-refractivity contribution in [2.24, 2.45) is 0 Å². The number of nitrogens with one attached hydrogen (secondary N) is 1. The molecule has 0 amide bonds. The minimum Gasteiger partial charge on any atom is -0.350 e. The minimum atomic E-state index is 0.414. The van der Waals surface area contributed by atoms with Crippen LogP contribution in [0.25, 0.3) is 0 Å². The van der Waals surface area contributed by atoms with E-state index in [-0.39, 0.29) is 0 Å². The summed E-state index contributed by atoms with van der Waals surface area (Å²) >= 11 is 0. The number of piperidine rings is 1. The Labute approximate surface area is 101 Å². The van der Waals surface area contributed by atoms with Crippen LogP contribution in [0.2, 0.25) is 0 Å². The van der Waals surface area contributed by atoms with Gasteiger partial charge in [0.2, 0.25) is 0 Å². The van der Waals surface area contributed by atoms with E-state index in [0.29, 0.717) is 17.6 Å². The summed E-state index contributed by atoms with van der Waals surface area (Å²) in [6.45, 7) is 4.97. The zero-order chi connectivity index (χ0) is 12.1. The highest BCUT2D eigenvalue weighted by atomic mass is 15.2. The summed E-state index contributed by atoms with van der Waals surface area (Å²) in [6.07, 6.45) is 5.52. The van der Waals surface area contributed by atoms with Gasteiger partial charge in [-0.15, -0.1) is 0 Å². The van der Waals surface area contributed by atoms with E-state index in [0.717, 1.165) is 26.1 Å². The van der Waals surface area contributed by atoms with E-state index in [1.54, 1.807) is 12.4 Å². The predicted octanol–water partition coefficient (Wildman–Crippen LogP) is 0.927. The molecule has 2 heterocycles. The average Bonchev–Trinajstić information content (AvgIpc) is 2.41. The Kier molecular flexibility index (Phi) is 3.89. The number of aromatic nitrogens is 2. The van der Waals surface area contributed by atoms with Gasteiger partial charge in [-0.1, -0.05) is 0 Å². The van der Waals surface area contributed by atoms with Crippen molar-refractivity contribution in [3.63, 3.8) is 0 Å². The van der Waals surface area contributed by atoms with Crippen LogP contribution in [0.5, 0.6) is 0 Å². The average molecular weight is 231 g/mol. The molecule has 1 aromatic rings. The van der Waals surface area contributed by atoms with E-state index >= 15 is 0 Å². The topological polar surface area (TPSA) is 64.8 Å². The second-order valence-electron chi connectivity index (χ2n) is 4.13. The second kappa shape index (κ2) is 5.60. The molecule has 1 aliphatic rings. The lowest BCUT2D eigenvalue weighted by molar-refractivity contribution is 0.433. The first-order valence-electron chi connectivity index (χ1n) is 6.05. The molecule has 0 saturated carbocycles. The van der Waals surface area contributed by atoms with Crippen LogP contribution in [0.15, 0.2) is 12.4 Å². The fourth-order valence-electron chi connectivity index (χ4n) is 2.30. The zero-order valence-corrected chi connectivity index (χ0v) is 10.1. The zero-order valence-electron chi connectivity index (χ0n) is 10.1. The molecule has 5 nitrogen and oxygen atoms in total. The van der Waals surface area contributed by atoms with Gasteiger partial charge in [-0.05, 0) is 26.3 Å². The molecule has 1 atom stereocenters. The van der Waals surface area contributed by atoms with Crippen LogP contribution in [0.1, 0.15) is 25.5 Å². The Morgan fingerprint density at radius 3 is 3.00 bits per heavy atom. The molecule has 1 N–H and O–H groups in total. The summed E-state index contributed by atoms with van der Waals surface area (Å²) in [7, 11) is 0.